The van der Waals surface area contributed by atoms with Gasteiger partial charge in [-0.25, -0.2) is 4.79 Å². The van der Waals surface area contributed by atoms with Gasteiger partial charge in [-0.15, -0.1) is 10.2 Å². The Hall–Kier alpha value is -2.81. The van der Waals surface area contributed by atoms with Gasteiger partial charge in [0.2, 0.25) is 0 Å². The van der Waals surface area contributed by atoms with Crippen LogP contribution in [0.4, 0.5) is 10.5 Å². The van der Waals surface area contributed by atoms with Crippen LogP contribution in [0.5, 0.6) is 11.5 Å². The Morgan fingerprint density at radius 2 is 2.07 bits per heavy atom. The van der Waals surface area contributed by atoms with Crippen molar-refractivity contribution in [1.82, 2.24) is 19.7 Å². The molecule has 2 aromatic rings. The molecule has 0 saturated carbocycles. The Morgan fingerprint density at radius 1 is 1.26 bits per heavy atom. The van der Waals surface area contributed by atoms with Crippen molar-refractivity contribution in [2.75, 3.05) is 39.2 Å². The van der Waals surface area contributed by atoms with Crippen molar-refractivity contribution in [3.8, 4) is 11.5 Å². The molecule has 2 aliphatic heterocycles. The third-order valence-corrected chi connectivity index (χ3v) is 5.00. The molecule has 9 heteroatoms. The fourth-order valence-electron chi connectivity index (χ4n) is 3.46. The highest BCUT2D eigenvalue weighted by atomic mass is 16.5. The highest BCUT2D eigenvalue weighted by molar-refractivity contribution is 5.90. The smallest absolute Gasteiger partial charge is 0.321 e. The molecule has 2 saturated heterocycles. The van der Waals surface area contributed by atoms with Crippen molar-refractivity contribution in [2.24, 2.45) is 0 Å². The van der Waals surface area contributed by atoms with Crippen molar-refractivity contribution < 1.29 is 19.0 Å². The fraction of sp³-hybridized carbons (Fsp3) is 0.500. The van der Waals surface area contributed by atoms with Gasteiger partial charge < -0.3 is 29.0 Å². The minimum Gasteiger partial charge on any atom is -0.493 e. The number of urea groups is 1. The molecule has 0 radical (unpaired) electrons. The molecule has 0 aliphatic carbocycles. The Bertz CT molecular complexity index is 812. The number of methoxy groups -OCH3 is 2. The number of carbonyl (C=O) groups excluding carboxylic acids is 1. The lowest BCUT2D eigenvalue weighted by atomic mass is 10.1. The van der Waals surface area contributed by atoms with Crippen molar-refractivity contribution in [3.05, 3.63) is 30.4 Å². The Morgan fingerprint density at radius 3 is 2.78 bits per heavy atom. The van der Waals surface area contributed by atoms with E-state index in [9.17, 15) is 4.79 Å². The van der Waals surface area contributed by atoms with Crippen LogP contribution in [0.25, 0.3) is 0 Å². The first kappa shape index (κ1) is 17.6. The third-order valence-electron chi connectivity index (χ3n) is 5.00. The molecule has 1 aromatic heterocycles. The Labute approximate surface area is 157 Å². The van der Waals surface area contributed by atoms with Crippen molar-refractivity contribution in [1.29, 1.82) is 0 Å². The van der Waals surface area contributed by atoms with Gasteiger partial charge >= 0.3 is 6.03 Å². The van der Waals surface area contributed by atoms with E-state index in [2.05, 4.69) is 15.5 Å². The van der Waals surface area contributed by atoms with Crippen molar-refractivity contribution >= 4 is 11.7 Å². The summed E-state index contributed by atoms with van der Waals surface area (Å²) >= 11 is 0. The molecule has 0 bridgehead atoms. The summed E-state index contributed by atoms with van der Waals surface area (Å²) in [5, 5.41) is 11.1. The number of hydrogen-bond donors (Lipinski definition) is 1. The lowest BCUT2D eigenvalue weighted by Gasteiger charge is -2.40. The lowest BCUT2D eigenvalue weighted by Crippen LogP contribution is -2.52. The molecule has 0 spiro atoms. The zero-order valence-electron chi connectivity index (χ0n) is 15.4. The molecule has 144 valence electrons. The zero-order chi connectivity index (χ0) is 18.8. The number of nitrogens with one attached hydrogen (secondary N) is 1. The predicted molar refractivity (Wildman–Crippen MR) is 97.1 cm³/mol. The molecule has 2 aliphatic rings. The van der Waals surface area contributed by atoms with E-state index in [-0.39, 0.29) is 18.2 Å². The molecular weight excluding hydrogens is 350 g/mol. The number of benzene rings is 1. The zero-order valence-corrected chi connectivity index (χ0v) is 15.4. The molecular formula is C18H23N5O4. The largest absolute Gasteiger partial charge is 0.493 e. The van der Waals surface area contributed by atoms with Crippen LogP contribution >= 0.6 is 0 Å². The fourth-order valence-corrected chi connectivity index (χ4v) is 3.46. The quantitative estimate of drug-likeness (QED) is 0.864. The number of carbonyl (C=O) groups is 1. The summed E-state index contributed by atoms with van der Waals surface area (Å²) < 4.78 is 18.2. The Kier molecular flexibility index (Phi) is 4.85. The maximum absolute atomic E-state index is 12.5. The topological polar surface area (TPSA) is 90.7 Å². The first-order chi connectivity index (χ1) is 13.2. The lowest BCUT2D eigenvalue weighted by molar-refractivity contribution is 0.0888. The molecule has 2 fully saturated rings. The SMILES string of the molecule is COc1ccc(NC(=O)N2CC(n3cnnc3C3CCCO3)C2)cc1OC. The average molecular weight is 373 g/mol. The number of ether oxygens (including phenoxy) is 3. The van der Waals surface area contributed by atoms with Crippen molar-refractivity contribution in [2.45, 2.75) is 25.0 Å². The van der Waals surface area contributed by atoms with Crippen LogP contribution in [0.1, 0.15) is 30.8 Å². The van der Waals surface area contributed by atoms with E-state index in [0.717, 1.165) is 25.3 Å². The van der Waals surface area contributed by atoms with Crippen LogP contribution in [0.2, 0.25) is 0 Å². The second kappa shape index (κ2) is 7.43. The number of rotatable bonds is 5. The minimum atomic E-state index is -0.148. The Balaban J connectivity index is 1.36. The first-order valence-electron chi connectivity index (χ1n) is 8.98. The highest BCUT2D eigenvalue weighted by Crippen LogP contribution is 2.32. The summed E-state index contributed by atoms with van der Waals surface area (Å²) in [5.41, 5.74) is 0.658. The standard InChI is InChI=1S/C18H23N5O4/c1-25-14-6-5-12(8-16(14)26-2)20-18(24)22-9-13(10-22)23-11-19-21-17(23)15-4-3-7-27-15/h5-6,8,11,13,15H,3-4,7,9-10H2,1-2H3,(H,20,24). The third kappa shape index (κ3) is 3.42. The monoisotopic (exact) mass is 373 g/mol. The molecule has 4 rings (SSSR count). The predicted octanol–water partition coefficient (Wildman–Crippen LogP) is 2.24. The second-order valence-electron chi connectivity index (χ2n) is 6.66. The summed E-state index contributed by atoms with van der Waals surface area (Å²) in [5.74, 6) is 2.05. The minimum absolute atomic E-state index is 0.0159. The van der Waals surface area contributed by atoms with E-state index < -0.39 is 0 Å². The summed E-state index contributed by atoms with van der Waals surface area (Å²) in [4.78, 5) is 14.2. The number of amides is 2. The summed E-state index contributed by atoms with van der Waals surface area (Å²) in [7, 11) is 3.14. The van der Waals surface area contributed by atoms with Gasteiger partial charge in [0.1, 0.15) is 12.4 Å². The van der Waals surface area contributed by atoms with Gasteiger partial charge in [-0.2, -0.15) is 0 Å². The van der Waals surface area contributed by atoms with Crippen LogP contribution in [-0.2, 0) is 4.74 Å². The van der Waals surface area contributed by atoms with Crippen LogP contribution in [0, 0.1) is 0 Å². The van der Waals surface area contributed by atoms with Crippen LogP contribution < -0.4 is 14.8 Å². The van der Waals surface area contributed by atoms with E-state index >= 15 is 0 Å². The molecule has 1 aromatic carbocycles. The van der Waals surface area contributed by atoms with E-state index in [4.69, 9.17) is 14.2 Å². The summed E-state index contributed by atoms with van der Waals surface area (Å²) in [6, 6.07) is 5.31. The van der Waals surface area contributed by atoms with Gasteiger partial charge in [-0.05, 0) is 25.0 Å². The van der Waals surface area contributed by atoms with Crippen molar-refractivity contribution in [3.63, 3.8) is 0 Å². The van der Waals surface area contributed by atoms with E-state index in [1.807, 2.05) is 4.57 Å². The molecule has 9 nitrogen and oxygen atoms in total. The highest BCUT2D eigenvalue weighted by Gasteiger charge is 2.35. The molecule has 3 heterocycles. The van der Waals surface area contributed by atoms with E-state index in [1.54, 1.807) is 43.6 Å². The second-order valence-corrected chi connectivity index (χ2v) is 6.66. The number of hydrogen-bond acceptors (Lipinski definition) is 6. The van der Waals surface area contributed by atoms with Crippen LogP contribution in [0.15, 0.2) is 24.5 Å². The summed E-state index contributed by atoms with van der Waals surface area (Å²) in [6.45, 7) is 1.98. The normalized spacial score (nSPS) is 19.6. The van der Waals surface area contributed by atoms with Gasteiger partial charge in [0.15, 0.2) is 17.3 Å². The molecule has 1 unspecified atom stereocenters. The van der Waals surface area contributed by atoms with Gasteiger partial charge in [0.05, 0.1) is 20.3 Å². The van der Waals surface area contributed by atoms with Gasteiger partial charge in [0, 0.05) is 31.5 Å². The van der Waals surface area contributed by atoms with E-state index in [0.29, 0.717) is 30.3 Å². The first-order valence-corrected chi connectivity index (χ1v) is 8.98. The van der Waals surface area contributed by atoms with Gasteiger partial charge in [-0.1, -0.05) is 0 Å². The number of likely N-dealkylation sites (tertiary alicyclic amines) is 1. The molecule has 27 heavy (non-hydrogen) atoms. The molecule has 1 N–H and O–H groups in total. The van der Waals surface area contributed by atoms with Crippen LogP contribution in [-0.4, -0.2) is 59.6 Å². The van der Waals surface area contributed by atoms with Gasteiger partial charge in [0.25, 0.3) is 0 Å². The van der Waals surface area contributed by atoms with Crippen LogP contribution in [0.3, 0.4) is 0 Å². The van der Waals surface area contributed by atoms with Gasteiger partial charge in [-0.3, -0.25) is 0 Å². The number of nitrogens with zero attached hydrogens (tertiary/aromatic N) is 4. The maximum Gasteiger partial charge on any atom is 0.321 e. The molecule has 1 atom stereocenters. The maximum atomic E-state index is 12.5. The average Bonchev–Trinajstić information content (AvgIpc) is 3.31. The summed E-state index contributed by atoms with van der Waals surface area (Å²) in [6.07, 6.45) is 3.75. The number of anilines is 1. The molecule has 2 amide bonds. The van der Waals surface area contributed by atoms with E-state index in [1.165, 1.54) is 0 Å². The number of aromatic nitrogens is 3.